The van der Waals surface area contributed by atoms with Crippen molar-refractivity contribution in [3.05, 3.63) is 0 Å². The highest BCUT2D eigenvalue weighted by molar-refractivity contribution is 5.85. The highest BCUT2D eigenvalue weighted by atomic mass is 16.5. The number of ether oxygens (including phenoxy) is 1. The van der Waals surface area contributed by atoms with Crippen LogP contribution < -0.4 is 5.32 Å². The van der Waals surface area contributed by atoms with E-state index in [1.165, 1.54) is 12.0 Å². The monoisotopic (exact) mass is 274 g/mol. The lowest BCUT2D eigenvalue weighted by Crippen LogP contribution is -2.49. The molecule has 0 saturated heterocycles. The summed E-state index contributed by atoms with van der Waals surface area (Å²) in [7, 11) is 1.24. The number of carboxylic acids is 1. The van der Waals surface area contributed by atoms with Gasteiger partial charge in [-0.05, 0) is 12.8 Å². The first-order valence-electron chi connectivity index (χ1n) is 6.31. The van der Waals surface area contributed by atoms with Crippen LogP contribution >= 0.6 is 0 Å². The molecule has 2 amide bonds. The van der Waals surface area contributed by atoms with Crippen LogP contribution in [0, 0.1) is 0 Å². The van der Waals surface area contributed by atoms with Gasteiger partial charge in [0, 0.05) is 6.54 Å². The summed E-state index contributed by atoms with van der Waals surface area (Å²) < 4.78 is 4.50. The average molecular weight is 274 g/mol. The second-order valence-corrected chi connectivity index (χ2v) is 4.13. The van der Waals surface area contributed by atoms with E-state index in [4.69, 9.17) is 5.11 Å². The van der Waals surface area contributed by atoms with Crippen LogP contribution in [0.4, 0.5) is 4.79 Å². The SMILES string of the molecule is CCC[C@H](NC(=O)N(CCC)CC(=O)OC)C(=O)O. The molecule has 0 aromatic carbocycles. The highest BCUT2D eigenvalue weighted by Crippen LogP contribution is 2.00. The van der Waals surface area contributed by atoms with Gasteiger partial charge in [-0.1, -0.05) is 20.3 Å². The smallest absolute Gasteiger partial charge is 0.326 e. The Morgan fingerprint density at radius 1 is 1.26 bits per heavy atom. The van der Waals surface area contributed by atoms with Gasteiger partial charge in [0.1, 0.15) is 12.6 Å². The summed E-state index contributed by atoms with van der Waals surface area (Å²) in [6.07, 6.45) is 1.65. The van der Waals surface area contributed by atoms with Gasteiger partial charge < -0.3 is 20.1 Å². The number of esters is 1. The third-order valence-electron chi connectivity index (χ3n) is 2.50. The van der Waals surface area contributed by atoms with E-state index in [2.05, 4.69) is 10.1 Å². The fourth-order valence-corrected chi connectivity index (χ4v) is 1.53. The lowest BCUT2D eigenvalue weighted by molar-refractivity contribution is -0.141. The quantitative estimate of drug-likeness (QED) is 0.639. The van der Waals surface area contributed by atoms with Crippen LogP contribution in [0.15, 0.2) is 0 Å². The van der Waals surface area contributed by atoms with Gasteiger partial charge in [-0.3, -0.25) is 4.79 Å². The Balaban J connectivity index is 4.60. The van der Waals surface area contributed by atoms with Gasteiger partial charge in [-0.2, -0.15) is 0 Å². The predicted octanol–water partition coefficient (Wildman–Crippen LogP) is 0.834. The van der Waals surface area contributed by atoms with E-state index < -0.39 is 24.0 Å². The van der Waals surface area contributed by atoms with Crippen molar-refractivity contribution in [2.24, 2.45) is 0 Å². The van der Waals surface area contributed by atoms with E-state index in [0.717, 1.165) is 0 Å². The number of urea groups is 1. The van der Waals surface area contributed by atoms with Gasteiger partial charge in [-0.15, -0.1) is 0 Å². The standard InChI is InChI=1S/C12H22N2O5/c1-4-6-9(11(16)17)13-12(18)14(7-5-2)8-10(15)19-3/h9H,4-8H2,1-3H3,(H,13,18)(H,16,17)/t9-/m0/s1. The molecule has 19 heavy (non-hydrogen) atoms. The molecule has 0 unspecified atom stereocenters. The first kappa shape index (κ1) is 17.2. The van der Waals surface area contributed by atoms with Gasteiger partial charge >= 0.3 is 18.0 Å². The van der Waals surface area contributed by atoms with E-state index in [-0.39, 0.29) is 6.54 Å². The summed E-state index contributed by atoms with van der Waals surface area (Å²) in [4.78, 5) is 35.3. The Hall–Kier alpha value is -1.79. The second-order valence-electron chi connectivity index (χ2n) is 4.13. The van der Waals surface area contributed by atoms with E-state index in [0.29, 0.717) is 25.8 Å². The van der Waals surface area contributed by atoms with Crippen LogP contribution in [0.1, 0.15) is 33.1 Å². The van der Waals surface area contributed by atoms with E-state index in [9.17, 15) is 14.4 Å². The maximum absolute atomic E-state index is 11.9. The van der Waals surface area contributed by atoms with Crippen LogP contribution in [-0.4, -0.2) is 54.2 Å². The highest BCUT2D eigenvalue weighted by Gasteiger charge is 2.23. The average Bonchev–Trinajstić information content (AvgIpc) is 2.37. The number of nitrogens with one attached hydrogen (secondary N) is 1. The number of hydrogen-bond donors (Lipinski definition) is 2. The lowest BCUT2D eigenvalue weighted by Gasteiger charge is -2.23. The second kappa shape index (κ2) is 9.18. The van der Waals surface area contributed by atoms with Crippen LogP contribution in [0.2, 0.25) is 0 Å². The molecule has 0 radical (unpaired) electrons. The van der Waals surface area contributed by atoms with Crippen LogP contribution in [-0.2, 0) is 14.3 Å². The molecule has 0 aromatic heterocycles. The molecule has 1 atom stereocenters. The molecule has 0 aliphatic carbocycles. The zero-order valence-corrected chi connectivity index (χ0v) is 11.6. The molecular formula is C12H22N2O5. The Bertz CT molecular complexity index is 317. The number of carboxylic acid groups (broad SMARTS) is 1. The summed E-state index contributed by atoms with van der Waals surface area (Å²) in [5.41, 5.74) is 0. The Morgan fingerprint density at radius 3 is 2.32 bits per heavy atom. The summed E-state index contributed by atoms with van der Waals surface area (Å²) in [5, 5.41) is 11.4. The third-order valence-corrected chi connectivity index (χ3v) is 2.50. The van der Waals surface area contributed by atoms with Crippen molar-refractivity contribution in [3.8, 4) is 0 Å². The molecular weight excluding hydrogens is 252 g/mol. The predicted molar refractivity (Wildman–Crippen MR) is 68.7 cm³/mol. The Kier molecular flexibility index (Phi) is 8.32. The molecule has 7 nitrogen and oxygen atoms in total. The normalized spacial score (nSPS) is 11.5. The van der Waals surface area contributed by atoms with Crippen molar-refractivity contribution < 1.29 is 24.2 Å². The summed E-state index contributed by atoms with van der Waals surface area (Å²) >= 11 is 0. The number of nitrogens with zero attached hydrogens (tertiary/aromatic N) is 1. The number of amides is 2. The molecule has 0 bridgehead atoms. The molecule has 0 saturated carbocycles. The first-order valence-corrected chi connectivity index (χ1v) is 6.31. The number of aliphatic carboxylic acids is 1. The molecule has 0 aliphatic heterocycles. The largest absolute Gasteiger partial charge is 0.480 e. The maximum Gasteiger partial charge on any atom is 0.326 e. The zero-order chi connectivity index (χ0) is 14.8. The van der Waals surface area contributed by atoms with Crippen molar-refractivity contribution in [2.45, 2.75) is 39.2 Å². The molecule has 0 aliphatic rings. The van der Waals surface area contributed by atoms with E-state index >= 15 is 0 Å². The Morgan fingerprint density at radius 2 is 1.89 bits per heavy atom. The van der Waals surface area contributed by atoms with Crippen molar-refractivity contribution in [3.63, 3.8) is 0 Å². The third kappa shape index (κ3) is 6.64. The summed E-state index contributed by atoms with van der Waals surface area (Å²) in [6, 6.07) is -1.50. The molecule has 110 valence electrons. The van der Waals surface area contributed by atoms with Gasteiger partial charge in [0.05, 0.1) is 7.11 Å². The van der Waals surface area contributed by atoms with Crippen LogP contribution in [0.25, 0.3) is 0 Å². The number of methoxy groups -OCH3 is 1. The lowest BCUT2D eigenvalue weighted by atomic mass is 10.2. The number of carbonyl (C=O) groups is 3. The molecule has 0 heterocycles. The van der Waals surface area contributed by atoms with Crippen molar-refractivity contribution in [1.29, 1.82) is 0 Å². The number of hydrogen-bond acceptors (Lipinski definition) is 4. The van der Waals surface area contributed by atoms with Gasteiger partial charge in [0.25, 0.3) is 0 Å². The minimum Gasteiger partial charge on any atom is -0.480 e. The minimum absolute atomic E-state index is 0.186. The van der Waals surface area contributed by atoms with Gasteiger partial charge in [-0.25, -0.2) is 9.59 Å². The van der Waals surface area contributed by atoms with Crippen LogP contribution in [0.3, 0.4) is 0 Å². The van der Waals surface area contributed by atoms with Crippen molar-refractivity contribution in [2.75, 3.05) is 20.2 Å². The minimum atomic E-state index is -1.08. The van der Waals surface area contributed by atoms with Crippen molar-refractivity contribution >= 4 is 18.0 Å². The number of carbonyl (C=O) groups excluding carboxylic acids is 2. The molecule has 0 rings (SSSR count). The fraction of sp³-hybridized carbons (Fsp3) is 0.750. The molecule has 0 spiro atoms. The summed E-state index contributed by atoms with van der Waals surface area (Å²) in [5.74, 6) is -1.62. The van der Waals surface area contributed by atoms with Gasteiger partial charge in [0.2, 0.25) is 0 Å². The number of rotatable bonds is 8. The molecule has 0 fully saturated rings. The van der Waals surface area contributed by atoms with Crippen LogP contribution in [0.5, 0.6) is 0 Å². The molecule has 7 heteroatoms. The van der Waals surface area contributed by atoms with Gasteiger partial charge in [0.15, 0.2) is 0 Å². The fourth-order valence-electron chi connectivity index (χ4n) is 1.53. The molecule has 0 aromatic rings. The van der Waals surface area contributed by atoms with Crippen molar-refractivity contribution in [1.82, 2.24) is 10.2 Å². The molecule has 2 N–H and O–H groups in total. The van der Waals surface area contributed by atoms with E-state index in [1.807, 2.05) is 13.8 Å². The summed E-state index contributed by atoms with van der Waals surface area (Å²) in [6.45, 7) is 3.87. The zero-order valence-electron chi connectivity index (χ0n) is 11.6. The topological polar surface area (TPSA) is 95.9 Å². The van der Waals surface area contributed by atoms with E-state index in [1.54, 1.807) is 0 Å². The first-order chi connectivity index (χ1) is 8.96. The maximum atomic E-state index is 11.9. The Labute approximate surface area is 112 Å².